The van der Waals surface area contributed by atoms with E-state index in [9.17, 15) is 5.11 Å². The highest BCUT2D eigenvalue weighted by atomic mass is 28.3. The van der Waals surface area contributed by atoms with Gasteiger partial charge in [0.15, 0.2) is 0 Å². The maximum absolute atomic E-state index is 10.4. The number of aliphatic hydroxyl groups excluding tert-OH is 1. The lowest BCUT2D eigenvalue weighted by molar-refractivity contribution is -0.0815. The van der Waals surface area contributed by atoms with Crippen LogP contribution in [0.5, 0.6) is 0 Å². The fourth-order valence-electron chi connectivity index (χ4n) is 2.02. The van der Waals surface area contributed by atoms with Crippen molar-refractivity contribution in [3.05, 3.63) is 36.1 Å². The van der Waals surface area contributed by atoms with Gasteiger partial charge in [-0.15, -0.1) is 6.58 Å². The summed E-state index contributed by atoms with van der Waals surface area (Å²) in [4.78, 5) is 0. The molecule has 2 atom stereocenters. The molecule has 0 aromatic carbocycles. The van der Waals surface area contributed by atoms with Gasteiger partial charge in [-0.05, 0) is 39.7 Å². The first-order valence-electron chi connectivity index (χ1n) is 7.31. The Labute approximate surface area is 126 Å². The molecule has 0 aromatic rings. The van der Waals surface area contributed by atoms with Crippen LogP contribution in [0.2, 0.25) is 19.6 Å². The molecule has 3 heteroatoms. The molecule has 0 bridgehead atoms. The lowest BCUT2D eigenvalue weighted by atomic mass is 10.0. The third-order valence-corrected chi connectivity index (χ3v) is 3.78. The van der Waals surface area contributed by atoms with Gasteiger partial charge >= 0.3 is 0 Å². The second-order valence-corrected chi connectivity index (χ2v) is 12.3. The maximum Gasteiger partial charge on any atom is 0.109 e. The average Bonchev–Trinajstić information content (AvgIpc) is 2.22. The highest BCUT2D eigenvalue weighted by molar-refractivity contribution is 6.81. The third-order valence-electron chi connectivity index (χ3n) is 2.54. The largest absolute Gasteiger partial charge is 0.386 e. The van der Waals surface area contributed by atoms with Crippen molar-refractivity contribution in [1.82, 2.24) is 0 Å². The Bertz CT molecular complexity index is 356. The maximum atomic E-state index is 10.4. The summed E-state index contributed by atoms with van der Waals surface area (Å²) >= 11 is 0. The number of hydrogen-bond donors (Lipinski definition) is 1. The first kappa shape index (κ1) is 19.4. The van der Waals surface area contributed by atoms with Crippen molar-refractivity contribution in [3.8, 4) is 0 Å². The van der Waals surface area contributed by atoms with Gasteiger partial charge in [0.05, 0.1) is 13.7 Å². The van der Waals surface area contributed by atoms with E-state index >= 15 is 0 Å². The molecule has 0 rings (SSSR count). The smallest absolute Gasteiger partial charge is 0.109 e. The Balaban J connectivity index is 5.52. The van der Waals surface area contributed by atoms with E-state index in [4.69, 9.17) is 4.74 Å². The van der Waals surface area contributed by atoms with Crippen LogP contribution >= 0.6 is 0 Å². The van der Waals surface area contributed by atoms with Gasteiger partial charge in [-0.1, -0.05) is 43.6 Å². The Morgan fingerprint density at radius 2 is 1.85 bits per heavy atom. The summed E-state index contributed by atoms with van der Waals surface area (Å²) in [7, 11) is -1.39. The normalized spacial score (nSPS) is 17.3. The van der Waals surface area contributed by atoms with Crippen LogP contribution in [0.3, 0.4) is 0 Å². The van der Waals surface area contributed by atoms with Crippen LogP contribution in [0.4, 0.5) is 0 Å². The van der Waals surface area contributed by atoms with Crippen molar-refractivity contribution in [2.45, 2.75) is 71.6 Å². The van der Waals surface area contributed by atoms with Gasteiger partial charge in [0.25, 0.3) is 0 Å². The number of ether oxygens (including phenoxy) is 1. The Hall–Kier alpha value is -0.643. The second-order valence-electron chi connectivity index (χ2n) is 7.25. The standard InChI is InChI=1S/C17H32O2Si/c1-9-11-14(13-20(6,7)8)16(15(18)12-10-2)19-17(3,4)5/h9-10,12-13,15-16,18H,1,11H2,2-8H3/b12-10+,14-13+/t15-,16+/m0/s1. The minimum absolute atomic E-state index is 0.299. The number of hydrogen-bond acceptors (Lipinski definition) is 2. The lowest BCUT2D eigenvalue weighted by Crippen LogP contribution is -2.37. The number of allylic oxidation sites excluding steroid dienone is 2. The van der Waals surface area contributed by atoms with E-state index in [-0.39, 0.29) is 11.7 Å². The van der Waals surface area contributed by atoms with Crippen LogP contribution < -0.4 is 0 Å². The highest BCUT2D eigenvalue weighted by Gasteiger charge is 2.28. The molecule has 20 heavy (non-hydrogen) atoms. The van der Waals surface area contributed by atoms with Crippen molar-refractivity contribution < 1.29 is 9.84 Å². The molecule has 0 aliphatic carbocycles. The van der Waals surface area contributed by atoms with Gasteiger partial charge in [-0.25, -0.2) is 0 Å². The molecular formula is C17H32O2Si. The predicted octanol–water partition coefficient (Wildman–Crippen LogP) is 4.49. The summed E-state index contributed by atoms with van der Waals surface area (Å²) in [6, 6.07) is 0. The second kappa shape index (κ2) is 7.96. The monoisotopic (exact) mass is 296 g/mol. The summed E-state index contributed by atoms with van der Waals surface area (Å²) < 4.78 is 6.12. The van der Waals surface area contributed by atoms with Crippen LogP contribution in [0.15, 0.2) is 36.1 Å². The summed E-state index contributed by atoms with van der Waals surface area (Å²) in [5.74, 6) is 0. The lowest BCUT2D eigenvalue weighted by Gasteiger charge is -2.32. The Morgan fingerprint density at radius 3 is 2.20 bits per heavy atom. The summed E-state index contributed by atoms with van der Waals surface area (Å²) in [6.07, 6.45) is 5.35. The van der Waals surface area contributed by atoms with E-state index in [1.54, 1.807) is 6.08 Å². The van der Waals surface area contributed by atoms with Crippen LogP contribution in [-0.2, 0) is 4.74 Å². The van der Waals surface area contributed by atoms with Crippen LogP contribution in [-0.4, -0.2) is 31.0 Å². The molecule has 0 aliphatic rings. The average molecular weight is 297 g/mol. The van der Waals surface area contributed by atoms with Gasteiger partial charge in [0.2, 0.25) is 0 Å². The summed E-state index contributed by atoms with van der Waals surface area (Å²) in [5.41, 5.74) is 3.16. The SMILES string of the molecule is C=CC/C(=C\[Si](C)(C)C)[C@@H](OC(C)(C)C)[C@@H](O)/C=C/C. The predicted molar refractivity (Wildman–Crippen MR) is 91.7 cm³/mol. The highest BCUT2D eigenvalue weighted by Crippen LogP contribution is 2.24. The zero-order valence-corrected chi connectivity index (χ0v) is 15.2. The van der Waals surface area contributed by atoms with Crippen molar-refractivity contribution >= 4 is 8.07 Å². The molecule has 0 spiro atoms. The molecule has 0 amide bonds. The summed E-state index contributed by atoms with van der Waals surface area (Å²) in [5, 5.41) is 10.4. The van der Waals surface area contributed by atoms with E-state index in [1.807, 2.05) is 39.8 Å². The fraction of sp³-hybridized carbons (Fsp3) is 0.647. The van der Waals surface area contributed by atoms with Gasteiger partial charge < -0.3 is 9.84 Å². The van der Waals surface area contributed by atoms with E-state index in [1.165, 1.54) is 0 Å². The van der Waals surface area contributed by atoms with Gasteiger partial charge in [0.1, 0.15) is 12.2 Å². The first-order chi connectivity index (χ1) is 9.00. The Kier molecular flexibility index (Phi) is 7.70. The van der Waals surface area contributed by atoms with Crippen LogP contribution in [0, 0.1) is 0 Å². The van der Waals surface area contributed by atoms with E-state index in [0.717, 1.165) is 12.0 Å². The molecule has 0 heterocycles. The molecule has 116 valence electrons. The van der Waals surface area contributed by atoms with Crippen molar-refractivity contribution in [2.75, 3.05) is 0 Å². The molecule has 0 saturated heterocycles. The van der Waals surface area contributed by atoms with Crippen molar-refractivity contribution in [3.63, 3.8) is 0 Å². The molecule has 1 N–H and O–H groups in total. The molecule has 0 fully saturated rings. The molecule has 0 aliphatic heterocycles. The third kappa shape index (κ3) is 8.51. The molecule has 0 aromatic heterocycles. The zero-order chi connectivity index (χ0) is 16.0. The fourth-order valence-corrected chi connectivity index (χ4v) is 3.42. The van der Waals surface area contributed by atoms with Crippen molar-refractivity contribution in [1.29, 1.82) is 0 Å². The van der Waals surface area contributed by atoms with Gasteiger partial charge in [0, 0.05) is 0 Å². The van der Waals surface area contributed by atoms with Crippen LogP contribution in [0.1, 0.15) is 34.1 Å². The zero-order valence-electron chi connectivity index (χ0n) is 14.2. The minimum Gasteiger partial charge on any atom is -0.386 e. The van der Waals surface area contributed by atoms with E-state index in [2.05, 4.69) is 31.9 Å². The summed E-state index contributed by atoms with van der Waals surface area (Å²) in [6.45, 7) is 18.6. The molecule has 0 radical (unpaired) electrons. The quantitative estimate of drug-likeness (QED) is 0.554. The number of rotatable bonds is 7. The van der Waals surface area contributed by atoms with Crippen molar-refractivity contribution in [2.24, 2.45) is 0 Å². The molecular weight excluding hydrogens is 264 g/mol. The van der Waals surface area contributed by atoms with E-state index < -0.39 is 14.2 Å². The van der Waals surface area contributed by atoms with Gasteiger partial charge in [-0.2, -0.15) is 0 Å². The molecule has 0 saturated carbocycles. The number of aliphatic hydroxyl groups is 1. The minimum atomic E-state index is -1.39. The Morgan fingerprint density at radius 1 is 1.30 bits per heavy atom. The van der Waals surface area contributed by atoms with E-state index in [0.29, 0.717) is 0 Å². The molecule has 0 unspecified atom stereocenters. The van der Waals surface area contributed by atoms with Crippen LogP contribution in [0.25, 0.3) is 0 Å². The topological polar surface area (TPSA) is 29.5 Å². The first-order valence-corrected chi connectivity index (χ1v) is 10.9. The van der Waals surface area contributed by atoms with Gasteiger partial charge in [-0.3, -0.25) is 0 Å². The molecule has 2 nitrogen and oxygen atoms in total.